The number of aryl methyl sites for hydroxylation is 3. The molecule has 3 aromatic rings. The van der Waals surface area contributed by atoms with Crippen LogP contribution in [0.2, 0.25) is 5.02 Å². The molecule has 1 aromatic carbocycles. The molecule has 1 amide bonds. The third-order valence-electron chi connectivity index (χ3n) is 6.00. The Morgan fingerprint density at radius 3 is 2.75 bits per heavy atom. The molecule has 168 valence electrons. The van der Waals surface area contributed by atoms with Crippen molar-refractivity contribution in [2.45, 2.75) is 46.6 Å². The molecule has 0 bridgehead atoms. The Balaban J connectivity index is 1.66. The number of rotatable bonds is 7. The number of ether oxygens (including phenoxy) is 1. The van der Waals surface area contributed by atoms with E-state index in [2.05, 4.69) is 17.0 Å². The van der Waals surface area contributed by atoms with Gasteiger partial charge in [0.25, 0.3) is 5.91 Å². The van der Waals surface area contributed by atoms with E-state index in [-0.39, 0.29) is 5.91 Å². The molecular formula is C25H29ClN4O2. The van der Waals surface area contributed by atoms with Gasteiger partial charge >= 0.3 is 0 Å². The average Bonchev–Trinajstić information content (AvgIpc) is 3.18. The fraction of sp³-hybridized carbons (Fsp3) is 0.400. The summed E-state index contributed by atoms with van der Waals surface area (Å²) in [5.41, 5.74) is 6.23. The molecule has 2 aromatic heterocycles. The van der Waals surface area contributed by atoms with Gasteiger partial charge in [0, 0.05) is 36.6 Å². The van der Waals surface area contributed by atoms with E-state index in [4.69, 9.17) is 16.3 Å². The van der Waals surface area contributed by atoms with Crippen molar-refractivity contribution in [3.8, 4) is 17.1 Å². The number of benzene rings is 1. The van der Waals surface area contributed by atoms with Crippen molar-refractivity contribution in [1.29, 1.82) is 0 Å². The minimum absolute atomic E-state index is 0.0558. The van der Waals surface area contributed by atoms with E-state index in [1.54, 1.807) is 10.9 Å². The predicted molar refractivity (Wildman–Crippen MR) is 126 cm³/mol. The summed E-state index contributed by atoms with van der Waals surface area (Å²) in [4.78, 5) is 20.0. The Kier molecular flexibility index (Phi) is 6.51. The maximum atomic E-state index is 13.6. The third kappa shape index (κ3) is 4.24. The van der Waals surface area contributed by atoms with Gasteiger partial charge in [0.1, 0.15) is 0 Å². The van der Waals surface area contributed by atoms with Crippen molar-refractivity contribution in [3.05, 3.63) is 63.4 Å². The fourth-order valence-corrected chi connectivity index (χ4v) is 4.56. The lowest BCUT2D eigenvalue weighted by Crippen LogP contribution is -2.37. The number of hydrogen-bond donors (Lipinski definition) is 0. The van der Waals surface area contributed by atoms with Crippen LogP contribution in [-0.2, 0) is 20.0 Å². The second-order valence-electron chi connectivity index (χ2n) is 8.34. The number of aromatic nitrogens is 3. The topological polar surface area (TPSA) is 60.2 Å². The number of hydrogen-bond acceptors (Lipinski definition) is 4. The van der Waals surface area contributed by atoms with Gasteiger partial charge in [-0.2, -0.15) is 5.10 Å². The second kappa shape index (κ2) is 9.33. The van der Waals surface area contributed by atoms with Crippen LogP contribution in [0.3, 0.4) is 0 Å². The normalized spacial score (nSPS) is 13.4. The molecule has 1 aliphatic heterocycles. The van der Waals surface area contributed by atoms with E-state index in [0.29, 0.717) is 36.2 Å². The lowest BCUT2D eigenvalue weighted by atomic mass is 9.95. The van der Waals surface area contributed by atoms with Crippen molar-refractivity contribution >= 4 is 17.5 Å². The van der Waals surface area contributed by atoms with Gasteiger partial charge in [-0.25, -0.2) is 4.98 Å². The SMILES string of the molecule is CCCCOc1nc(C)cc(C)c1CN1CCc2ccc(-c3ccnn3C)c(Cl)c2C1=O. The van der Waals surface area contributed by atoms with Crippen LogP contribution in [0.5, 0.6) is 5.88 Å². The predicted octanol–water partition coefficient (Wildman–Crippen LogP) is 5.13. The molecule has 0 saturated carbocycles. The van der Waals surface area contributed by atoms with Gasteiger partial charge in [-0.05, 0) is 49.9 Å². The van der Waals surface area contributed by atoms with Gasteiger partial charge in [0.15, 0.2) is 0 Å². The Morgan fingerprint density at radius 1 is 1.22 bits per heavy atom. The van der Waals surface area contributed by atoms with E-state index in [1.807, 2.05) is 50.1 Å². The van der Waals surface area contributed by atoms with Crippen LogP contribution in [0, 0.1) is 13.8 Å². The molecule has 0 spiro atoms. The molecule has 7 heteroatoms. The van der Waals surface area contributed by atoms with Gasteiger partial charge in [-0.3, -0.25) is 9.48 Å². The number of fused-ring (bicyclic) bond motifs is 1. The first-order chi connectivity index (χ1) is 15.4. The fourth-order valence-electron chi connectivity index (χ4n) is 4.20. The zero-order valence-corrected chi connectivity index (χ0v) is 19.9. The van der Waals surface area contributed by atoms with Crippen LogP contribution in [0.25, 0.3) is 11.3 Å². The highest BCUT2D eigenvalue weighted by Gasteiger charge is 2.30. The smallest absolute Gasteiger partial charge is 0.255 e. The summed E-state index contributed by atoms with van der Waals surface area (Å²) in [7, 11) is 1.87. The molecule has 0 fully saturated rings. The van der Waals surface area contributed by atoms with Gasteiger partial charge < -0.3 is 9.64 Å². The quantitative estimate of drug-likeness (QED) is 0.466. The van der Waals surface area contributed by atoms with Crippen molar-refractivity contribution < 1.29 is 9.53 Å². The second-order valence-corrected chi connectivity index (χ2v) is 8.72. The molecule has 6 nitrogen and oxygen atoms in total. The van der Waals surface area contributed by atoms with E-state index in [0.717, 1.165) is 52.9 Å². The van der Waals surface area contributed by atoms with Gasteiger partial charge in [-0.15, -0.1) is 0 Å². The molecule has 0 N–H and O–H groups in total. The lowest BCUT2D eigenvalue weighted by molar-refractivity contribution is 0.0725. The molecule has 4 rings (SSSR count). The monoisotopic (exact) mass is 452 g/mol. The summed E-state index contributed by atoms with van der Waals surface area (Å²) in [5.74, 6) is 0.573. The number of halogens is 1. The first kappa shape index (κ1) is 22.3. The molecule has 1 aliphatic rings. The molecular weight excluding hydrogens is 424 g/mol. The first-order valence-corrected chi connectivity index (χ1v) is 11.5. The largest absolute Gasteiger partial charge is 0.477 e. The Bertz CT molecular complexity index is 1160. The van der Waals surface area contributed by atoms with Crippen molar-refractivity contribution in [3.63, 3.8) is 0 Å². The Morgan fingerprint density at radius 2 is 2.03 bits per heavy atom. The highest BCUT2D eigenvalue weighted by Crippen LogP contribution is 2.36. The number of pyridine rings is 1. The molecule has 0 unspecified atom stereocenters. The molecule has 32 heavy (non-hydrogen) atoms. The summed E-state index contributed by atoms with van der Waals surface area (Å²) >= 11 is 6.80. The summed E-state index contributed by atoms with van der Waals surface area (Å²) < 4.78 is 7.77. The zero-order valence-electron chi connectivity index (χ0n) is 19.1. The van der Waals surface area contributed by atoms with E-state index < -0.39 is 0 Å². The Hall–Kier alpha value is -2.86. The van der Waals surface area contributed by atoms with Crippen molar-refractivity contribution in [2.75, 3.05) is 13.2 Å². The van der Waals surface area contributed by atoms with Gasteiger partial charge in [-0.1, -0.05) is 37.1 Å². The van der Waals surface area contributed by atoms with Gasteiger partial charge in [0.05, 0.1) is 29.4 Å². The van der Waals surface area contributed by atoms with Crippen LogP contribution < -0.4 is 4.74 Å². The van der Waals surface area contributed by atoms with Crippen LogP contribution in [0.15, 0.2) is 30.5 Å². The van der Waals surface area contributed by atoms with Crippen LogP contribution in [-0.4, -0.2) is 38.7 Å². The molecule has 0 radical (unpaired) electrons. The average molecular weight is 453 g/mol. The third-order valence-corrected chi connectivity index (χ3v) is 6.39. The van der Waals surface area contributed by atoms with Gasteiger partial charge in [0.2, 0.25) is 5.88 Å². The summed E-state index contributed by atoms with van der Waals surface area (Å²) in [5, 5.41) is 4.72. The molecule has 0 saturated heterocycles. The highest BCUT2D eigenvalue weighted by atomic mass is 35.5. The number of nitrogens with zero attached hydrogens (tertiary/aromatic N) is 4. The molecule has 0 aliphatic carbocycles. The van der Waals surface area contributed by atoms with E-state index in [1.165, 1.54) is 0 Å². The number of carbonyl (C=O) groups excluding carboxylic acids is 1. The minimum atomic E-state index is -0.0558. The minimum Gasteiger partial charge on any atom is -0.477 e. The summed E-state index contributed by atoms with van der Waals surface area (Å²) in [6, 6.07) is 7.93. The summed E-state index contributed by atoms with van der Waals surface area (Å²) in [6.45, 7) is 7.85. The number of unbranched alkanes of at least 4 members (excludes halogenated alkanes) is 1. The highest BCUT2D eigenvalue weighted by molar-refractivity contribution is 6.36. The zero-order chi connectivity index (χ0) is 22.8. The van der Waals surface area contributed by atoms with E-state index >= 15 is 0 Å². The first-order valence-electron chi connectivity index (χ1n) is 11.1. The standard InChI is InChI=1S/C25H29ClN4O2/c1-5-6-13-32-24-20(16(2)14-17(3)28-24)15-30-12-10-18-7-8-19(21-9-11-27-29(21)4)23(26)22(18)25(30)31/h7-9,11,14H,5-6,10,12-13,15H2,1-4H3. The van der Waals surface area contributed by atoms with Crippen LogP contribution in [0.1, 0.15) is 52.5 Å². The maximum Gasteiger partial charge on any atom is 0.255 e. The van der Waals surface area contributed by atoms with Crippen molar-refractivity contribution in [1.82, 2.24) is 19.7 Å². The van der Waals surface area contributed by atoms with Crippen LogP contribution in [0.4, 0.5) is 0 Å². The van der Waals surface area contributed by atoms with Crippen molar-refractivity contribution in [2.24, 2.45) is 7.05 Å². The van der Waals surface area contributed by atoms with E-state index in [9.17, 15) is 4.79 Å². The Labute approximate surface area is 194 Å². The molecule has 3 heterocycles. The summed E-state index contributed by atoms with van der Waals surface area (Å²) in [6.07, 6.45) is 4.51. The lowest BCUT2D eigenvalue weighted by Gasteiger charge is -2.30. The number of carbonyl (C=O) groups is 1. The van der Waals surface area contributed by atoms with Crippen LogP contribution >= 0.6 is 11.6 Å². The molecule has 0 atom stereocenters. The maximum absolute atomic E-state index is 13.6. The number of amides is 1.